The maximum Gasteiger partial charge on any atom is 0.503 e. The third-order valence-corrected chi connectivity index (χ3v) is 7.81. The second-order valence-corrected chi connectivity index (χ2v) is 10.4. The molecule has 6 atom stereocenters. The summed E-state index contributed by atoms with van der Waals surface area (Å²) in [6.45, 7) is 0.560. The van der Waals surface area contributed by atoms with Gasteiger partial charge in [-0.05, 0) is 13.0 Å². The van der Waals surface area contributed by atoms with Crippen LogP contribution >= 0.6 is 12.4 Å². The molecule has 45 heavy (non-hydrogen) atoms. The van der Waals surface area contributed by atoms with E-state index in [2.05, 4.69) is 0 Å². The van der Waals surface area contributed by atoms with E-state index in [1.165, 1.54) is 25.3 Å². The fourth-order valence-electron chi connectivity index (χ4n) is 5.75. The quantitative estimate of drug-likeness (QED) is 0.171. The minimum absolute atomic E-state index is 0. The molecule has 0 saturated carbocycles. The summed E-state index contributed by atoms with van der Waals surface area (Å²) >= 11 is 0. The Morgan fingerprint density at radius 1 is 1.09 bits per heavy atom. The normalized spacial score (nSPS) is 26.4. The van der Waals surface area contributed by atoms with Crippen molar-refractivity contribution in [1.82, 2.24) is 6.15 Å². The minimum Gasteiger partial charge on any atom is -0.507 e. The summed E-state index contributed by atoms with van der Waals surface area (Å²) in [6.07, 6.45) is -6.96. The molecule has 5 rings (SSSR count). The van der Waals surface area contributed by atoms with Crippen LogP contribution in [-0.2, 0) is 20.7 Å². The van der Waals surface area contributed by atoms with Crippen LogP contribution in [0.3, 0.4) is 0 Å². The van der Waals surface area contributed by atoms with Gasteiger partial charge in [0, 0.05) is 42.0 Å². The number of hydrogen-bond acceptors (Lipinski definition) is 14. The number of aliphatic hydroxyl groups excluding tert-OH is 2. The van der Waals surface area contributed by atoms with Crippen LogP contribution in [0.15, 0.2) is 18.2 Å². The standard InChI is InChI=1S/C27H29NO11.CH2O3.ClH.H3N/c1-10-22(31)13(28)6-17(38-10)39-15-8-27(36,16(30)9-29)7-12-19(15)26(35)21-20(24(12)33)23(32)11-4-3-5-14(37-2)18(11)25(21)34;2-1(3)4;;/h3-5,10,13,15,17,22,29,31,33,35-36H,6-9,28H2,1-2H3;(H2,2,3,4);1H;1H3/t10-,13-,15-,17-,22+,27-;;;/m0.../s1. The molecule has 1 saturated heterocycles. The first kappa shape index (κ1) is 37.3. The van der Waals surface area contributed by atoms with E-state index in [1.807, 2.05) is 0 Å². The number of aliphatic hydroxyl groups is 3. The number of aromatic hydroxyl groups is 2. The van der Waals surface area contributed by atoms with E-state index < -0.39 is 102 Å². The van der Waals surface area contributed by atoms with Crippen molar-refractivity contribution >= 4 is 35.9 Å². The first-order valence-electron chi connectivity index (χ1n) is 13.1. The Balaban J connectivity index is 0.00000111. The highest BCUT2D eigenvalue weighted by Crippen LogP contribution is 2.52. The molecule has 2 aromatic carbocycles. The Labute approximate surface area is 261 Å². The van der Waals surface area contributed by atoms with Crippen molar-refractivity contribution in [3.8, 4) is 17.2 Å². The molecule has 12 N–H and O–H groups in total. The van der Waals surface area contributed by atoms with Crippen molar-refractivity contribution in [3.05, 3.63) is 51.6 Å². The SMILES string of the molecule is COc1cccc2c1C(=O)c1c(O)c3c(c(O)c1C2=O)C[C@@](O)(C(=O)CO)C[C@@H]3O[C@H]1C[C@H](N)[C@H](O)[C@H](C)O1.Cl.N.O=C(O)O. The van der Waals surface area contributed by atoms with Crippen molar-refractivity contribution in [2.75, 3.05) is 13.7 Å². The number of phenols is 2. The number of rotatable bonds is 5. The maximum atomic E-state index is 13.6. The van der Waals surface area contributed by atoms with Crippen LogP contribution in [-0.4, -0.2) is 103 Å². The van der Waals surface area contributed by atoms with Gasteiger partial charge < -0.3 is 61.8 Å². The smallest absolute Gasteiger partial charge is 0.503 e. The average molecular weight is 659 g/mol. The Morgan fingerprint density at radius 2 is 1.69 bits per heavy atom. The summed E-state index contributed by atoms with van der Waals surface area (Å²) < 4.78 is 17.0. The van der Waals surface area contributed by atoms with Gasteiger partial charge in [-0.15, -0.1) is 12.4 Å². The first-order valence-corrected chi connectivity index (χ1v) is 13.1. The third kappa shape index (κ3) is 6.58. The number of ether oxygens (including phenoxy) is 3. The lowest BCUT2D eigenvalue weighted by Crippen LogP contribution is -2.53. The van der Waals surface area contributed by atoms with Crippen LogP contribution in [0.4, 0.5) is 4.79 Å². The Morgan fingerprint density at radius 3 is 2.24 bits per heavy atom. The zero-order valence-corrected chi connectivity index (χ0v) is 24.9. The number of carbonyl (C=O) groups is 4. The number of nitrogens with two attached hydrogens (primary N) is 1. The molecule has 1 heterocycles. The number of carbonyl (C=O) groups excluding carboxylic acids is 3. The molecule has 0 radical (unpaired) electrons. The molecule has 16 nitrogen and oxygen atoms in total. The van der Waals surface area contributed by atoms with Crippen molar-refractivity contribution in [3.63, 3.8) is 0 Å². The topological polar surface area (TPSA) is 299 Å². The van der Waals surface area contributed by atoms with Gasteiger partial charge in [-0.2, -0.15) is 0 Å². The molecular formula is C28H35ClN2O14. The molecule has 1 aliphatic heterocycles. The van der Waals surface area contributed by atoms with Gasteiger partial charge in [-0.3, -0.25) is 14.4 Å². The van der Waals surface area contributed by atoms with E-state index >= 15 is 0 Å². The molecule has 248 valence electrons. The molecular weight excluding hydrogens is 624 g/mol. The van der Waals surface area contributed by atoms with Crippen LogP contribution < -0.4 is 16.6 Å². The van der Waals surface area contributed by atoms with Gasteiger partial charge in [0.25, 0.3) is 0 Å². The molecule has 2 aromatic rings. The second kappa shape index (κ2) is 14.1. The van der Waals surface area contributed by atoms with Crippen molar-refractivity contribution in [2.24, 2.45) is 5.73 Å². The summed E-state index contributed by atoms with van der Waals surface area (Å²) in [7, 11) is 1.32. The molecule has 3 aliphatic rings. The van der Waals surface area contributed by atoms with E-state index in [1.54, 1.807) is 6.92 Å². The Hall–Kier alpha value is -3.87. The number of hydrogen-bond donors (Lipinski definition) is 9. The summed E-state index contributed by atoms with van der Waals surface area (Å²) in [5.74, 6) is -3.77. The highest BCUT2D eigenvalue weighted by atomic mass is 35.5. The van der Waals surface area contributed by atoms with Gasteiger partial charge in [0.2, 0.25) is 5.78 Å². The monoisotopic (exact) mass is 658 g/mol. The summed E-state index contributed by atoms with van der Waals surface area (Å²) in [5.41, 5.74) is 2.37. The van der Waals surface area contributed by atoms with Crippen LogP contribution in [0.1, 0.15) is 68.8 Å². The average Bonchev–Trinajstić information content (AvgIpc) is 2.94. The molecule has 0 aromatic heterocycles. The number of ketones is 3. The third-order valence-electron chi connectivity index (χ3n) is 7.81. The lowest BCUT2D eigenvalue weighted by atomic mass is 9.72. The number of benzene rings is 2. The van der Waals surface area contributed by atoms with Gasteiger partial charge in [-0.25, -0.2) is 4.79 Å². The second-order valence-electron chi connectivity index (χ2n) is 10.4. The van der Waals surface area contributed by atoms with Crippen LogP contribution in [0.5, 0.6) is 17.2 Å². The Kier molecular flexibility index (Phi) is 11.7. The molecule has 0 spiro atoms. The van der Waals surface area contributed by atoms with Crippen LogP contribution in [0.25, 0.3) is 0 Å². The van der Waals surface area contributed by atoms with E-state index in [-0.39, 0.29) is 53.0 Å². The summed E-state index contributed by atoms with van der Waals surface area (Å²) in [5, 5.41) is 67.6. The zero-order chi connectivity index (χ0) is 32.0. The number of halogens is 1. The van der Waals surface area contributed by atoms with Crippen LogP contribution in [0.2, 0.25) is 0 Å². The van der Waals surface area contributed by atoms with Crippen molar-refractivity contribution < 1.29 is 69.1 Å². The molecule has 0 unspecified atom stereocenters. The van der Waals surface area contributed by atoms with Gasteiger partial charge in [-0.1, -0.05) is 12.1 Å². The maximum absolute atomic E-state index is 13.6. The number of phenolic OH excluding ortho intramolecular Hbond substituents is 2. The van der Waals surface area contributed by atoms with E-state index in [9.17, 15) is 39.9 Å². The number of Topliss-reactive ketones (excluding diaryl/α,β-unsaturated/α-hetero) is 1. The predicted octanol–water partition coefficient (Wildman–Crippen LogP) is 0.807. The van der Waals surface area contributed by atoms with Gasteiger partial charge >= 0.3 is 6.16 Å². The first-order chi connectivity index (χ1) is 20.2. The minimum atomic E-state index is -2.24. The van der Waals surface area contributed by atoms with E-state index in [0.717, 1.165) is 0 Å². The molecule has 0 bridgehead atoms. The number of fused-ring (bicyclic) bond motifs is 3. The molecule has 0 amide bonds. The van der Waals surface area contributed by atoms with E-state index in [4.69, 9.17) is 35.0 Å². The summed E-state index contributed by atoms with van der Waals surface area (Å²) in [6, 6.07) is 3.64. The van der Waals surface area contributed by atoms with Gasteiger partial charge in [0.05, 0.1) is 42.1 Å². The fourth-order valence-corrected chi connectivity index (χ4v) is 5.75. The number of carboxylic acid groups (broad SMARTS) is 2. The van der Waals surface area contributed by atoms with Gasteiger partial charge in [0.1, 0.15) is 29.5 Å². The van der Waals surface area contributed by atoms with Gasteiger partial charge in [0.15, 0.2) is 17.9 Å². The zero-order valence-electron chi connectivity index (χ0n) is 24.1. The Bertz CT molecular complexity index is 1480. The number of methoxy groups -OCH3 is 1. The lowest BCUT2D eigenvalue weighted by molar-refractivity contribution is -0.247. The molecule has 17 heteroatoms. The van der Waals surface area contributed by atoms with E-state index in [0.29, 0.717) is 0 Å². The molecule has 1 fully saturated rings. The van der Waals surface area contributed by atoms with Crippen molar-refractivity contribution in [2.45, 2.75) is 62.4 Å². The fraction of sp³-hybridized carbons (Fsp3) is 0.429. The summed E-state index contributed by atoms with van der Waals surface area (Å²) in [4.78, 5) is 48.3. The van der Waals surface area contributed by atoms with Crippen molar-refractivity contribution in [1.29, 1.82) is 0 Å². The predicted molar refractivity (Wildman–Crippen MR) is 155 cm³/mol. The highest BCUT2D eigenvalue weighted by molar-refractivity contribution is 6.31. The lowest BCUT2D eigenvalue weighted by Gasteiger charge is -2.42. The highest BCUT2D eigenvalue weighted by Gasteiger charge is 2.50. The van der Waals surface area contributed by atoms with Crippen LogP contribution in [0, 0.1) is 0 Å². The molecule has 2 aliphatic carbocycles. The largest absolute Gasteiger partial charge is 0.507 e.